The predicted octanol–water partition coefficient (Wildman–Crippen LogP) is 5.28. The summed E-state index contributed by atoms with van der Waals surface area (Å²) in [6, 6.07) is 7.36. The first kappa shape index (κ1) is 18.8. The van der Waals surface area contributed by atoms with E-state index in [4.69, 9.17) is 16.0 Å². The minimum atomic E-state index is -1.98. The molecule has 0 bridgehead atoms. The van der Waals surface area contributed by atoms with Crippen molar-refractivity contribution < 1.29 is 9.22 Å². The van der Waals surface area contributed by atoms with Crippen molar-refractivity contribution in [1.29, 1.82) is 0 Å². The Morgan fingerprint density at radius 3 is 2.50 bits per heavy atom. The van der Waals surface area contributed by atoms with Crippen molar-refractivity contribution >= 4 is 25.7 Å². The lowest BCUT2D eigenvalue weighted by atomic mass is 10.1. The molecular formula is C18H25ClO2Si. The molecule has 0 fully saturated rings. The Hall–Kier alpha value is -1.24. The number of unbranched alkanes of at least 4 members (excludes halogenated alkanes) is 1. The highest BCUT2D eigenvalue weighted by atomic mass is 35.5. The standard InChI is InChI=1S/C18H25ClO2Si/c1-18(2,3)22(4,5)21-17-13-9-8-11-15(17)16(20)12-7-6-10-14-19/h8-9,11,13H,6,10,14H2,1-5H3. The van der Waals surface area contributed by atoms with E-state index in [1.807, 2.05) is 18.2 Å². The summed E-state index contributed by atoms with van der Waals surface area (Å²) < 4.78 is 6.28. The monoisotopic (exact) mass is 336 g/mol. The quantitative estimate of drug-likeness (QED) is 0.183. The molecule has 120 valence electrons. The van der Waals surface area contributed by atoms with E-state index in [0.717, 1.165) is 6.42 Å². The smallest absolute Gasteiger partial charge is 0.250 e. The second kappa shape index (κ2) is 7.85. The minimum Gasteiger partial charge on any atom is -0.543 e. The average Bonchev–Trinajstić information content (AvgIpc) is 2.42. The Kier molecular flexibility index (Phi) is 6.71. The van der Waals surface area contributed by atoms with Gasteiger partial charge in [-0.15, -0.1) is 11.6 Å². The van der Waals surface area contributed by atoms with Gasteiger partial charge in [0.15, 0.2) is 0 Å². The third-order valence-corrected chi connectivity index (χ3v) is 8.55. The summed E-state index contributed by atoms with van der Waals surface area (Å²) in [5.41, 5.74) is 0.547. The highest BCUT2D eigenvalue weighted by molar-refractivity contribution is 6.74. The molecule has 1 aromatic rings. The highest BCUT2D eigenvalue weighted by Gasteiger charge is 2.39. The van der Waals surface area contributed by atoms with Gasteiger partial charge in [0.05, 0.1) is 5.56 Å². The number of para-hydroxylation sites is 1. The first-order chi connectivity index (χ1) is 10.2. The molecule has 22 heavy (non-hydrogen) atoms. The van der Waals surface area contributed by atoms with Crippen molar-refractivity contribution in [2.45, 2.75) is 51.7 Å². The first-order valence-corrected chi connectivity index (χ1v) is 11.0. The van der Waals surface area contributed by atoms with Gasteiger partial charge < -0.3 is 4.43 Å². The summed E-state index contributed by atoms with van der Waals surface area (Å²) in [7, 11) is -1.98. The summed E-state index contributed by atoms with van der Waals surface area (Å²) in [6.45, 7) is 10.9. The van der Waals surface area contributed by atoms with Crippen LogP contribution in [0.1, 0.15) is 44.0 Å². The van der Waals surface area contributed by atoms with Gasteiger partial charge in [0.25, 0.3) is 8.32 Å². The number of halogens is 1. The fourth-order valence-electron chi connectivity index (χ4n) is 1.54. The number of ketones is 1. The van der Waals surface area contributed by atoms with E-state index >= 15 is 0 Å². The maximum Gasteiger partial charge on any atom is 0.250 e. The number of carbonyl (C=O) groups excluding carboxylic acids is 1. The fraction of sp³-hybridized carbons (Fsp3) is 0.500. The molecule has 0 aliphatic carbocycles. The number of hydrogen-bond donors (Lipinski definition) is 0. The van der Waals surface area contributed by atoms with Crippen LogP contribution < -0.4 is 4.43 Å². The van der Waals surface area contributed by atoms with E-state index in [9.17, 15) is 4.79 Å². The van der Waals surface area contributed by atoms with Gasteiger partial charge in [-0.25, -0.2) is 0 Å². The second-order valence-electron chi connectivity index (χ2n) is 6.78. The first-order valence-electron chi connectivity index (χ1n) is 7.56. The van der Waals surface area contributed by atoms with Crippen molar-refractivity contribution in [3.63, 3.8) is 0 Å². The number of carbonyl (C=O) groups is 1. The summed E-state index contributed by atoms with van der Waals surface area (Å²) in [5.74, 6) is 6.58. The lowest BCUT2D eigenvalue weighted by Crippen LogP contribution is -2.44. The third kappa shape index (κ3) is 5.19. The normalized spacial score (nSPS) is 11.5. The second-order valence-corrected chi connectivity index (χ2v) is 11.9. The van der Waals surface area contributed by atoms with Crippen LogP contribution in [0.3, 0.4) is 0 Å². The molecule has 0 heterocycles. The zero-order chi connectivity index (χ0) is 16.8. The minimum absolute atomic E-state index is 0.0786. The number of Topliss-reactive ketones (excluding diaryl/α,β-unsaturated/α-hetero) is 1. The summed E-state index contributed by atoms with van der Waals surface area (Å²) in [5, 5.41) is 0.0786. The maximum atomic E-state index is 12.3. The van der Waals surface area contributed by atoms with Crippen molar-refractivity contribution in [1.82, 2.24) is 0 Å². The Morgan fingerprint density at radius 1 is 1.27 bits per heavy atom. The van der Waals surface area contributed by atoms with E-state index in [1.54, 1.807) is 6.07 Å². The molecule has 2 nitrogen and oxygen atoms in total. The average molecular weight is 337 g/mol. The van der Waals surface area contributed by atoms with Gasteiger partial charge in [-0.1, -0.05) is 38.8 Å². The van der Waals surface area contributed by atoms with Crippen LogP contribution in [-0.4, -0.2) is 20.0 Å². The highest BCUT2D eigenvalue weighted by Crippen LogP contribution is 2.38. The molecule has 1 rings (SSSR count). The molecule has 0 amide bonds. The van der Waals surface area contributed by atoms with Crippen molar-refractivity contribution in [3.8, 4) is 17.6 Å². The van der Waals surface area contributed by atoms with Crippen molar-refractivity contribution in [2.75, 3.05) is 5.88 Å². The third-order valence-electron chi connectivity index (χ3n) is 3.94. The molecule has 0 unspecified atom stereocenters. The maximum absolute atomic E-state index is 12.3. The van der Waals surface area contributed by atoms with Gasteiger partial charge in [-0.05, 0) is 42.6 Å². The van der Waals surface area contributed by atoms with Crippen LogP contribution in [-0.2, 0) is 0 Å². The van der Waals surface area contributed by atoms with Gasteiger partial charge in [0, 0.05) is 12.3 Å². The van der Waals surface area contributed by atoms with Crippen LogP contribution in [0, 0.1) is 11.8 Å². The van der Waals surface area contributed by atoms with E-state index < -0.39 is 8.32 Å². The molecule has 0 saturated carbocycles. The Balaban J connectivity index is 2.99. The Morgan fingerprint density at radius 2 is 1.91 bits per heavy atom. The molecule has 0 spiro atoms. The zero-order valence-corrected chi connectivity index (χ0v) is 15.9. The SMILES string of the molecule is CC(C)(C)[Si](C)(C)Oc1ccccc1C(=O)C#CCCCCl. The largest absolute Gasteiger partial charge is 0.543 e. The van der Waals surface area contributed by atoms with Crippen LogP contribution in [0.5, 0.6) is 5.75 Å². The van der Waals surface area contributed by atoms with Gasteiger partial charge in [0.2, 0.25) is 5.78 Å². The summed E-state index contributed by atoms with van der Waals surface area (Å²) in [4.78, 5) is 12.3. The topological polar surface area (TPSA) is 26.3 Å². The zero-order valence-electron chi connectivity index (χ0n) is 14.1. The van der Waals surface area contributed by atoms with Crippen LogP contribution in [0.2, 0.25) is 18.1 Å². The van der Waals surface area contributed by atoms with E-state index in [-0.39, 0.29) is 10.8 Å². The van der Waals surface area contributed by atoms with E-state index in [1.165, 1.54) is 0 Å². The molecule has 0 aliphatic rings. The molecule has 0 aromatic heterocycles. The van der Waals surface area contributed by atoms with E-state index in [0.29, 0.717) is 23.6 Å². The lowest BCUT2D eigenvalue weighted by molar-refractivity contribution is 0.105. The molecule has 0 radical (unpaired) electrons. The Labute approximate surface area is 140 Å². The van der Waals surface area contributed by atoms with Crippen LogP contribution in [0.15, 0.2) is 24.3 Å². The van der Waals surface area contributed by atoms with Gasteiger partial charge >= 0.3 is 0 Å². The van der Waals surface area contributed by atoms with Gasteiger partial charge in [-0.3, -0.25) is 4.79 Å². The fourth-order valence-corrected chi connectivity index (χ4v) is 2.70. The lowest BCUT2D eigenvalue weighted by Gasteiger charge is -2.36. The number of benzene rings is 1. The van der Waals surface area contributed by atoms with Gasteiger partial charge in [-0.2, -0.15) is 0 Å². The van der Waals surface area contributed by atoms with Crippen LogP contribution >= 0.6 is 11.6 Å². The molecular weight excluding hydrogens is 312 g/mol. The molecule has 0 N–H and O–H groups in total. The number of alkyl halides is 1. The summed E-state index contributed by atoms with van der Waals surface area (Å²) in [6.07, 6.45) is 1.43. The molecule has 4 heteroatoms. The van der Waals surface area contributed by atoms with Crippen LogP contribution in [0.4, 0.5) is 0 Å². The predicted molar refractivity (Wildman–Crippen MR) is 96.3 cm³/mol. The molecule has 0 saturated heterocycles. The van der Waals surface area contributed by atoms with Crippen molar-refractivity contribution in [3.05, 3.63) is 29.8 Å². The Bertz CT molecular complexity index is 577. The molecule has 0 atom stereocenters. The molecule has 1 aromatic carbocycles. The molecule has 0 aliphatic heterocycles. The summed E-state index contributed by atoms with van der Waals surface area (Å²) >= 11 is 5.61. The van der Waals surface area contributed by atoms with Gasteiger partial charge in [0.1, 0.15) is 5.75 Å². The van der Waals surface area contributed by atoms with E-state index in [2.05, 4.69) is 45.7 Å². The number of rotatable bonds is 5. The van der Waals surface area contributed by atoms with Crippen LogP contribution in [0.25, 0.3) is 0 Å². The number of hydrogen-bond acceptors (Lipinski definition) is 2. The van der Waals surface area contributed by atoms with Crippen molar-refractivity contribution in [2.24, 2.45) is 0 Å².